The number of nitrogens with zero attached hydrogens (tertiary/aromatic N) is 1. The Morgan fingerprint density at radius 1 is 1.44 bits per heavy atom. The minimum Gasteiger partial charge on any atom is -0.467 e. The molecule has 0 bridgehead atoms. The molecule has 18 heavy (non-hydrogen) atoms. The van der Waals surface area contributed by atoms with Gasteiger partial charge in [-0.3, -0.25) is 9.59 Å². The highest BCUT2D eigenvalue weighted by molar-refractivity contribution is 5.91. The summed E-state index contributed by atoms with van der Waals surface area (Å²) >= 11 is 0. The SMILES string of the molecule is COC(=O)C(C)NC(=O)C1CC(=O)N(C2CC2)C1. The van der Waals surface area contributed by atoms with Crippen LogP contribution >= 0.6 is 0 Å². The fourth-order valence-corrected chi connectivity index (χ4v) is 2.21. The highest BCUT2D eigenvalue weighted by Gasteiger charge is 2.42. The molecule has 2 unspecified atom stereocenters. The van der Waals surface area contributed by atoms with Crippen LogP contribution in [0.4, 0.5) is 0 Å². The predicted octanol–water partition coefficient (Wildman–Crippen LogP) is -0.325. The fourth-order valence-electron chi connectivity index (χ4n) is 2.21. The fraction of sp³-hybridized carbons (Fsp3) is 0.750. The molecule has 6 heteroatoms. The molecule has 2 amide bonds. The van der Waals surface area contributed by atoms with E-state index in [0.29, 0.717) is 12.6 Å². The van der Waals surface area contributed by atoms with Crippen LogP contribution in [-0.2, 0) is 19.1 Å². The number of hydrogen-bond donors (Lipinski definition) is 1. The predicted molar refractivity (Wildman–Crippen MR) is 62.5 cm³/mol. The quantitative estimate of drug-likeness (QED) is 0.697. The maximum atomic E-state index is 11.9. The largest absolute Gasteiger partial charge is 0.467 e. The molecule has 2 atom stereocenters. The van der Waals surface area contributed by atoms with Crippen LogP contribution in [0.5, 0.6) is 0 Å². The Morgan fingerprint density at radius 3 is 2.67 bits per heavy atom. The van der Waals surface area contributed by atoms with Gasteiger partial charge in [0.15, 0.2) is 0 Å². The molecule has 0 aromatic carbocycles. The Bertz CT molecular complexity index is 378. The third-order valence-corrected chi connectivity index (χ3v) is 3.43. The molecule has 1 saturated heterocycles. The summed E-state index contributed by atoms with van der Waals surface area (Å²) in [6.45, 7) is 2.04. The molecule has 1 aliphatic carbocycles. The van der Waals surface area contributed by atoms with E-state index in [-0.39, 0.29) is 24.2 Å². The van der Waals surface area contributed by atoms with Crippen molar-refractivity contribution in [2.75, 3.05) is 13.7 Å². The maximum absolute atomic E-state index is 11.9. The van der Waals surface area contributed by atoms with Gasteiger partial charge >= 0.3 is 5.97 Å². The minimum absolute atomic E-state index is 0.0448. The zero-order valence-corrected chi connectivity index (χ0v) is 10.6. The van der Waals surface area contributed by atoms with Crippen LogP contribution in [0.25, 0.3) is 0 Å². The van der Waals surface area contributed by atoms with Crippen LogP contribution in [0.1, 0.15) is 26.2 Å². The Balaban J connectivity index is 1.86. The summed E-state index contributed by atoms with van der Waals surface area (Å²) in [5, 5.41) is 2.58. The summed E-state index contributed by atoms with van der Waals surface area (Å²) in [5.74, 6) is -1.02. The average Bonchev–Trinajstić information content (AvgIpc) is 3.11. The number of amides is 2. The third kappa shape index (κ3) is 2.63. The molecule has 0 aromatic rings. The minimum atomic E-state index is -0.674. The Kier molecular flexibility index (Phi) is 3.54. The molecular weight excluding hydrogens is 236 g/mol. The Labute approximate surface area is 106 Å². The second-order valence-electron chi connectivity index (χ2n) is 4.93. The van der Waals surface area contributed by atoms with E-state index >= 15 is 0 Å². The van der Waals surface area contributed by atoms with Gasteiger partial charge in [0.1, 0.15) is 6.04 Å². The van der Waals surface area contributed by atoms with Crippen molar-refractivity contribution in [2.45, 2.75) is 38.3 Å². The third-order valence-electron chi connectivity index (χ3n) is 3.43. The topological polar surface area (TPSA) is 75.7 Å². The van der Waals surface area contributed by atoms with E-state index < -0.39 is 12.0 Å². The molecule has 0 spiro atoms. The molecule has 1 aliphatic heterocycles. The number of ether oxygens (including phenoxy) is 1. The van der Waals surface area contributed by atoms with Gasteiger partial charge in [-0.2, -0.15) is 0 Å². The first-order valence-corrected chi connectivity index (χ1v) is 6.20. The maximum Gasteiger partial charge on any atom is 0.328 e. The zero-order valence-electron chi connectivity index (χ0n) is 10.6. The van der Waals surface area contributed by atoms with Crippen molar-refractivity contribution in [1.82, 2.24) is 10.2 Å². The van der Waals surface area contributed by atoms with Gasteiger partial charge in [0, 0.05) is 19.0 Å². The normalized spacial score (nSPS) is 24.9. The lowest BCUT2D eigenvalue weighted by atomic mass is 10.1. The van der Waals surface area contributed by atoms with E-state index in [0.717, 1.165) is 12.8 Å². The number of nitrogens with one attached hydrogen (secondary N) is 1. The monoisotopic (exact) mass is 254 g/mol. The van der Waals surface area contributed by atoms with Crippen molar-refractivity contribution in [3.05, 3.63) is 0 Å². The van der Waals surface area contributed by atoms with E-state index in [2.05, 4.69) is 10.1 Å². The average molecular weight is 254 g/mol. The van der Waals surface area contributed by atoms with Crippen LogP contribution in [0.3, 0.4) is 0 Å². The molecule has 2 rings (SSSR count). The van der Waals surface area contributed by atoms with Crippen molar-refractivity contribution < 1.29 is 19.1 Å². The van der Waals surface area contributed by atoms with Gasteiger partial charge < -0.3 is 15.0 Å². The van der Waals surface area contributed by atoms with Crippen molar-refractivity contribution in [1.29, 1.82) is 0 Å². The lowest BCUT2D eigenvalue weighted by Crippen LogP contribution is -2.43. The summed E-state index contributed by atoms with van der Waals surface area (Å²) in [5.41, 5.74) is 0. The first kappa shape index (κ1) is 12.9. The summed E-state index contributed by atoms with van der Waals surface area (Å²) in [4.78, 5) is 36.6. The summed E-state index contributed by atoms with van der Waals surface area (Å²) in [6.07, 6.45) is 2.33. The van der Waals surface area contributed by atoms with Gasteiger partial charge in [-0.15, -0.1) is 0 Å². The molecule has 2 aliphatic rings. The molecular formula is C12H18N2O4. The molecule has 1 N–H and O–H groups in total. The van der Waals surface area contributed by atoms with Crippen molar-refractivity contribution >= 4 is 17.8 Å². The van der Waals surface area contributed by atoms with Crippen LogP contribution in [0.2, 0.25) is 0 Å². The second-order valence-corrected chi connectivity index (χ2v) is 4.93. The number of esters is 1. The van der Waals surface area contributed by atoms with Crippen molar-refractivity contribution in [3.8, 4) is 0 Å². The molecule has 0 aromatic heterocycles. The van der Waals surface area contributed by atoms with Crippen molar-refractivity contribution in [3.63, 3.8) is 0 Å². The Morgan fingerprint density at radius 2 is 2.11 bits per heavy atom. The summed E-state index contributed by atoms with van der Waals surface area (Å²) in [6, 6.07) is -0.332. The van der Waals surface area contributed by atoms with E-state index in [1.165, 1.54) is 7.11 Å². The van der Waals surface area contributed by atoms with Crippen LogP contribution in [-0.4, -0.2) is 48.4 Å². The number of rotatable bonds is 4. The van der Waals surface area contributed by atoms with Crippen LogP contribution < -0.4 is 5.32 Å². The van der Waals surface area contributed by atoms with Gasteiger partial charge in [0.2, 0.25) is 11.8 Å². The molecule has 6 nitrogen and oxygen atoms in total. The van der Waals surface area contributed by atoms with E-state index in [9.17, 15) is 14.4 Å². The van der Waals surface area contributed by atoms with Gasteiger partial charge in [-0.1, -0.05) is 0 Å². The molecule has 1 saturated carbocycles. The lowest BCUT2D eigenvalue weighted by Gasteiger charge is -2.16. The number of carbonyl (C=O) groups is 3. The smallest absolute Gasteiger partial charge is 0.328 e. The van der Waals surface area contributed by atoms with E-state index in [1.54, 1.807) is 11.8 Å². The lowest BCUT2D eigenvalue weighted by molar-refractivity contribution is -0.145. The van der Waals surface area contributed by atoms with E-state index in [4.69, 9.17) is 0 Å². The molecule has 1 heterocycles. The summed E-state index contributed by atoms with van der Waals surface area (Å²) < 4.78 is 4.53. The van der Waals surface area contributed by atoms with E-state index in [1.807, 2.05) is 0 Å². The van der Waals surface area contributed by atoms with Crippen LogP contribution in [0, 0.1) is 5.92 Å². The number of methoxy groups -OCH3 is 1. The van der Waals surface area contributed by atoms with Gasteiger partial charge in [-0.05, 0) is 19.8 Å². The summed E-state index contributed by atoms with van der Waals surface area (Å²) in [7, 11) is 1.28. The number of hydrogen-bond acceptors (Lipinski definition) is 4. The highest BCUT2D eigenvalue weighted by atomic mass is 16.5. The first-order valence-electron chi connectivity index (χ1n) is 6.20. The zero-order chi connectivity index (χ0) is 13.3. The first-order chi connectivity index (χ1) is 8.52. The number of carbonyl (C=O) groups excluding carboxylic acids is 3. The van der Waals surface area contributed by atoms with Crippen LogP contribution in [0.15, 0.2) is 0 Å². The molecule has 2 fully saturated rings. The molecule has 0 radical (unpaired) electrons. The Hall–Kier alpha value is -1.59. The van der Waals surface area contributed by atoms with Crippen molar-refractivity contribution in [2.24, 2.45) is 5.92 Å². The standard InChI is InChI=1S/C12H18N2O4/c1-7(12(17)18-2)13-11(16)8-5-10(15)14(6-8)9-3-4-9/h7-9H,3-6H2,1-2H3,(H,13,16). The van der Waals surface area contributed by atoms with Gasteiger partial charge in [-0.25, -0.2) is 4.79 Å². The van der Waals surface area contributed by atoms with Gasteiger partial charge in [0.05, 0.1) is 13.0 Å². The second kappa shape index (κ2) is 4.96. The van der Waals surface area contributed by atoms with Gasteiger partial charge in [0.25, 0.3) is 0 Å². The highest BCUT2D eigenvalue weighted by Crippen LogP contribution is 2.32. The molecule has 100 valence electrons. The number of likely N-dealkylation sites (tertiary alicyclic amines) is 1.